The summed E-state index contributed by atoms with van der Waals surface area (Å²) in [5.74, 6) is 2.11. The molecule has 10 heteroatoms. The molecular formula is C18H29IN6O2S. The summed E-state index contributed by atoms with van der Waals surface area (Å²) in [7, 11) is 0. The Balaban J connectivity index is 0.00000280. The van der Waals surface area contributed by atoms with Crippen LogP contribution in [0.2, 0.25) is 0 Å². The summed E-state index contributed by atoms with van der Waals surface area (Å²) in [6.45, 7) is 9.55. The first-order valence-electron chi connectivity index (χ1n) is 9.43. The van der Waals surface area contributed by atoms with Crippen molar-refractivity contribution in [2.24, 2.45) is 4.99 Å². The molecule has 0 bridgehead atoms. The largest absolute Gasteiger partial charge is 0.379 e. The average molecular weight is 520 g/mol. The van der Waals surface area contributed by atoms with Crippen molar-refractivity contribution in [2.75, 3.05) is 45.9 Å². The topological polar surface area (TPSA) is 87.8 Å². The molecule has 1 unspecified atom stereocenters. The van der Waals surface area contributed by atoms with E-state index in [1.54, 1.807) is 11.3 Å². The van der Waals surface area contributed by atoms with E-state index in [-0.39, 0.29) is 30.0 Å². The fourth-order valence-corrected chi connectivity index (χ4v) is 3.86. The van der Waals surface area contributed by atoms with Crippen molar-refractivity contribution in [3.05, 3.63) is 34.1 Å². The number of rotatable bonds is 8. The van der Waals surface area contributed by atoms with Crippen LogP contribution in [0.15, 0.2) is 27.0 Å². The van der Waals surface area contributed by atoms with Gasteiger partial charge in [-0.1, -0.05) is 11.2 Å². The Hall–Kier alpha value is -1.24. The van der Waals surface area contributed by atoms with Crippen LogP contribution >= 0.6 is 35.3 Å². The van der Waals surface area contributed by atoms with Crippen LogP contribution in [0.4, 0.5) is 0 Å². The van der Waals surface area contributed by atoms with Crippen molar-refractivity contribution in [3.8, 4) is 0 Å². The second kappa shape index (κ2) is 12.3. The van der Waals surface area contributed by atoms with Crippen LogP contribution in [-0.4, -0.2) is 66.9 Å². The predicted molar refractivity (Wildman–Crippen MR) is 122 cm³/mol. The van der Waals surface area contributed by atoms with Crippen LogP contribution in [0.5, 0.6) is 0 Å². The van der Waals surface area contributed by atoms with E-state index < -0.39 is 0 Å². The predicted octanol–water partition coefficient (Wildman–Crippen LogP) is 2.23. The van der Waals surface area contributed by atoms with E-state index in [2.05, 4.69) is 50.1 Å². The Morgan fingerprint density at radius 2 is 2.18 bits per heavy atom. The molecule has 1 atom stereocenters. The maximum Gasteiger partial charge on any atom is 0.228 e. The molecule has 0 amide bonds. The van der Waals surface area contributed by atoms with Gasteiger partial charge in [0.2, 0.25) is 5.89 Å². The lowest BCUT2D eigenvalue weighted by Gasteiger charge is -2.33. The average Bonchev–Trinajstić information content (AvgIpc) is 3.35. The third kappa shape index (κ3) is 6.98. The van der Waals surface area contributed by atoms with Gasteiger partial charge in [0.05, 0.1) is 25.8 Å². The zero-order chi connectivity index (χ0) is 18.9. The first-order valence-corrected chi connectivity index (χ1v) is 10.3. The summed E-state index contributed by atoms with van der Waals surface area (Å²) in [6, 6.07) is 4.58. The minimum Gasteiger partial charge on any atom is -0.379 e. The van der Waals surface area contributed by atoms with Crippen molar-refractivity contribution >= 4 is 41.3 Å². The molecule has 1 aliphatic rings. The van der Waals surface area contributed by atoms with Gasteiger partial charge in [0.15, 0.2) is 11.8 Å². The number of guanidine groups is 1. The van der Waals surface area contributed by atoms with Gasteiger partial charge in [-0.2, -0.15) is 4.98 Å². The number of morpholine rings is 1. The van der Waals surface area contributed by atoms with Gasteiger partial charge in [0, 0.05) is 37.5 Å². The monoisotopic (exact) mass is 520 g/mol. The highest BCUT2D eigenvalue weighted by atomic mass is 127. The summed E-state index contributed by atoms with van der Waals surface area (Å²) in [4.78, 5) is 12.9. The molecule has 3 rings (SSSR count). The molecule has 0 aromatic carbocycles. The minimum atomic E-state index is 0. The van der Waals surface area contributed by atoms with E-state index >= 15 is 0 Å². The molecule has 8 nitrogen and oxygen atoms in total. The molecule has 0 spiro atoms. The lowest BCUT2D eigenvalue weighted by molar-refractivity contribution is 0.0186. The number of ether oxygens (including phenoxy) is 1. The zero-order valence-corrected chi connectivity index (χ0v) is 19.5. The van der Waals surface area contributed by atoms with Gasteiger partial charge in [-0.3, -0.25) is 9.89 Å². The van der Waals surface area contributed by atoms with Gasteiger partial charge in [-0.15, -0.1) is 35.3 Å². The molecule has 1 aliphatic heterocycles. The second-order valence-electron chi connectivity index (χ2n) is 6.31. The van der Waals surface area contributed by atoms with Crippen molar-refractivity contribution in [2.45, 2.75) is 26.3 Å². The van der Waals surface area contributed by atoms with Crippen molar-refractivity contribution < 1.29 is 9.26 Å². The molecular weight excluding hydrogens is 491 g/mol. The van der Waals surface area contributed by atoms with Crippen LogP contribution in [0.3, 0.4) is 0 Å². The number of nitrogens with zero attached hydrogens (tertiary/aromatic N) is 4. The molecule has 1 fully saturated rings. The summed E-state index contributed by atoms with van der Waals surface area (Å²) in [6.07, 6.45) is 0.670. The fraction of sp³-hybridized carbons (Fsp3) is 0.611. The Bertz CT molecular complexity index is 703. The second-order valence-corrected chi connectivity index (χ2v) is 7.29. The Morgan fingerprint density at radius 3 is 2.82 bits per heavy atom. The number of aliphatic imine (C=N–C) groups is 1. The van der Waals surface area contributed by atoms with Crippen LogP contribution in [0.25, 0.3) is 0 Å². The number of aryl methyl sites for hydroxylation is 1. The van der Waals surface area contributed by atoms with Gasteiger partial charge in [-0.25, -0.2) is 0 Å². The molecule has 3 heterocycles. The molecule has 28 heavy (non-hydrogen) atoms. The highest BCUT2D eigenvalue weighted by Gasteiger charge is 2.23. The Morgan fingerprint density at radius 1 is 1.36 bits per heavy atom. The smallest absolute Gasteiger partial charge is 0.228 e. The standard InChI is InChI=1S/C18H28N6O2S.HI/c1-3-19-18(20-7-6-17-22-14(2)23-26-17)21-13-15(16-5-4-12-27-16)24-8-10-25-11-9-24;/h4-5,12,15H,3,6-11,13H2,1-2H3,(H2,19,20,21);1H. The lowest BCUT2D eigenvalue weighted by Crippen LogP contribution is -2.42. The Kier molecular flexibility index (Phi) is 10.2. The number of aromatic nitrogens is 2. The third-order valence-corrected chi connectivity index (χ3v) is 5.30. The summed E-state index contributed by atoms with van der Waals surface area (Å²) >= 11 is 1.79. The first-order chi connectivity index (χ1) is 13.3. The summed E-state index contributed by atoms with van der Waals surface area (Å²) in [5, 5.41) is 12.6. The first kappa shape index (κ1) is 23.0. The van der Waals surface area contributed by atoms with Gasteiger partial charge in [0.1, 0.15) is 0 Å². The van der Waals surface area contributed by atoms with E-state index in [1.807, 2.05) is 6.92 Å². The minimum absolute atomic E-state index is 0. The third-order valence-electron chi connectivity index (χ3n) is 4.33. The van der Waals surface area contributed by atoms with Gasteiger partial charge in [-0.05, 0) is 25.3 Å². The van der Waals surface area contributed by atoms with Crippen molar-refractivity contribution in [1.82, 2.24) is 25.7 Å². The molecule has 2 aromatic heterocycles. The molecule has 2 aromatic rings. The van der Waals surface area contributed by atoms with E-state index in [0.717, 1.165) is 38.8 Å². The molecule has 2 N–H and O–H groups in total. The highest BCUT2D eigenvalue weighted by Crippen LogP contribution is 2.26. The maximum atomic E-state index is 5.51. The fourth-order valence-electron chi connectivity index (χ4n) is 3.00. The van der Waals surface area contributed by atoms with E-state index in [4.69, 9.17) is 14.3 Å². The SMILES string of the molecule is CCNC(=NCC(c1cccs1)N1CCOCC1)NCCc1nc(C)no1.I. The van der Waals surface area contributed by atoms with E-state index in [1.165, 1.54) is 4.88 Å². The lowest BCUT2D eigenvalue weighted by atomic mass is 10.2. The zero-order valence-electron chi connectivity index (χ0n) is 16.4. The summed E-state index contributed by atoms with van der Waals surface area (Å²) in [5.41, 5.74) is 0. The number of halogens is 1. The Labute approximate surface area is 187 Å². The molecule has 0 radical (unpaired) electrons. The highest BCUT2D eigenvalue weighted by molar-refractivity contribution is 14.0. The van der Waals surface area contributed by atoms with Crippen LogP contribution in [0.1, 0.15) is 29.6 Å². The van der Waals surface area contributed by atoms with Crippen molar-refractivity contribution in [3.63, 3.8) is 0 Å². The number of hydrogen-bond donors (Lipinski definition) is 2. The summed E-state index contributed by atoms with van der Waals surface area (Å²) < 4.78 is 10.7. The van der Waals surface area contributed by atoms with Crippen molar-refractivity contribution in [1.29, 1.82) is 0 Å². The van der Waals surface area contributed by atoms with Gasteiger partial charge < -0.3 is 19.9 Å². The quantitative estimate of drug-likeness (QED) is 0.314. The van der Waals surface area contributed by atoms with Gasteiger partial charge in [0.25, 0.3) is 0 Å². The van der Waals surface area contributed by atoms with Crippen LogP contribution in [0, 0.1) is 6.92 Å². The maximum absolute atomic E-state index is 5.51. The number of nitrogens with one attached hydrogen (secondary N) is 2. The van der Waals surface area contributed by atoms with Crippen LogP contribution in [-0.2, 0) is 11.2 Å². The number of hydrogen-bond acceptors (Lipinski definition) is 7. The number of thiophene rings is 1. The molecule has 156 valence electrons. The molecule has 0 saturated carbocycles. The van der Waals surface area contributed by atoms with Crippen LogP contribution < -0.4 is 10.6 Å². The molecule has 1 saturated heterocycles. The van der Waals surface area contributed by atoms with E-state index in [0.29, 0.717) is 31.2 Å². The normalized spacial score (nSPS) is 16.4. The van der Waals surface area contributed by atoms with E-state index in [9.17, 15) is 0 Å². The van der Waals surface area contributed by atoms with Gasteiger partial charge >= 0.3 is 0 Å². The molecule has 0 aliphatic carbocycles.